The molecule has 4 N–H and O–H groups in total. The van der Waals surface area contributed by atoms with Crippen LogP contribution in [0.15, 0.2) is 58.6 Å². The quantitative estimate of drug-likeness (QED) is 0.346. The van der Waals surface area contributed by atoms with E-state index in [2.05, 4.69) is 5.32 Å². The van der Waals surface area contributed by atoms with Crippen molar-refractivity contribution in [2.45, 2.75) is 65.0 Å². The molecule has 1 aliphatic carbocycles. The Morgan fingerprint density at radius 3 is 2.35 bits per heavy atom. The molecule has 0 unspecified atom stereocenters. The molecular formula is C29H40N2O9. The van der Waals surface area contributed by atoms with Crippen molar-refractivity contribution in [1.82, 2.24) is 5.32 Å². The van der Waals surface area contributed by atoms with Gasteiger partial charge in [0, 0.05) is 37.4 Å². The minimum Gasteiger partial charge on any atom is -0.492 e. The Hall–Kier alpha value is -3.54. The topological polar surface area (TPSA) is 163 Å². The average Bonchev–Trinajstić information content (AvgIpc) is 2.90. The van der Waals surface area contributed by atoms with Crippen molar-refractivity contribution in [3.05, 3.63) is 58.6 Å². The first-order chi connectivity index (χ1) is 18.8. The number of rotatable bonds is 4. The van der Waals surface area contributed by atoms with Crippen LogP contribution in [0.2, 0.25) is 0 Å². The molecule has 6 atom stereocenters. The number of hydrogen-bond acceptors (Lipinski definition) is 9. The third-order valence-corrected chi connectivity index (χ3v) is 6.95. The van der Waals surface area contributed by atoms with E-state index in [4.69, 9.17) is 24.7 Å². The molecule has 0 aromatic carbocycles. The molecule has 0 radical (unpaired) electrons. The van der Waals surface area contributed by atoms with Crippen LogP contribution in [0.4, 0.5) is 4.79 Å². The number of ether oxygens (including phenoxy) is 4. The highest BCUT2D eigenvalue weighted by atomic mass is 16.6. The van der Waals surface area contributed by atoms with Crippen LogP contribution in [0.3, 0.4) is 0 Å². The second kappa shape index (κ2) is 14.7. The third kappa shape index (κ3) is 8.23. The van der Waals surface area contributed by atoms with E-state index < -0.39 is 53.9 Å². The lowest BCUT2D eigenvalue weighted by atomic mass is 9.85. The Balaban J connectivity index is 2.60. The van der Waals surface area contributed by atoms with E-state index in [9.17, 15) is 24.3 Å². The maximum atomic E-state index is 13.3. The van der Waals surface area contributed by atoms with Crippen molar-refractivity contribution in [2.24, 2.45) is 17.6 Å². The zero-order chi connectivity index (χ0) is 30.1. The van der Waals surface area contributed by atoms with E-state index in [0.29, 0.717) is 12.0 Å². The number of amides is 2. The number of carbonyl (C=O) groups excluding carboxylic acids is 4. The van der Waals surface area contributed by atoms with Crippen molar-refractivity contribution in [3.8, 4) is 0 Å². The average molecular weight is 561 g/mol. The smallest absolute Gasteiger partial charge is 0.405 e. The zero-order valence-corrected chi connectivity index (χ0v) is 24.1. The van der Waals surface area contributed by atoms with Crippen molar-refractivity contribution in [3.63, 3.8) is 0 Å². The summed E-state index contributed by atoms with van der Waals surface area (Å²) in [7, 11) is 4.21. The van der Waals surface area contributed by atoms with Crippen LogP contribution in [0.25, 0.3) is 0 Å². The Bertz CT molecular complexity index is 1150. The number of fused-ring (bicyclic) bond motifs is 2. The van der Waals surface area contributed by atoms with E-state index in [1.807, 2.05) is 6.92 Å². The second-order valence-corrected chi connectivity index (χ2v) is 10.1. The van der Waals surface area contributed by atoms with Gasteiger partial charge in [0.25, 0.3) is 5.91 Å². The van der Waals surface area contributed by atoms with Gasteiger partial charge in [-0.2, -0.15) is 0 Å². The van der Waals surface area contributed by atoms with E-state index in [1.165, 1.54) is 34.3 Å². The number of nitrogens with two attached hydrogens (primary N) is 1. The number of aliphatic hydroxyl groups is 1. The maximum Gasteiger partial charge on any atom is 0.405 e. The second-order valence-electron chi connectivity index (χ2n) is 10.1. The minimum atomic E-state index is -1.00. The molecule has 1 heterocycles. The van der Waals surface area contributed by atoms with Crippen LogP contribution >= 0.6 is 0 Å². The molecule has 0 saturated heterocycles. The summed E-state index contributed by atoms with van der Waals surface area (Å²) in [5, 5.41) is 13.7. The number of carbonyl (C=O) groups is 4. The summed E-state index contributed by atoms with van der Waals surface area (Å²) < 4.78 is 21.7. The molecule has 2 aliphatic rings. The Morgan fingerprint density at radius 1 is 1.10 bits per heavy atom. The fourth-order valence-electron chi connectivity index (χ4n) is 4.78. The molecule has 2 bridgehead atoms. The molecule has 0 fully saturated rings. The number of nitrogens with one attached hydrogen (secondary N) is 1. The van der Waals surface area contributed by atoms with Gasteiger partial charge in [-0.3, -0.25) is 14.4 Å². The van der Waals surface area contributed by atoms with Gasteiger partial charge in [0.05, 0.1) is 25.0 Å². The van der Waals surface area contributed by atoms with Crippen LogP contribution in [0.5, 0.6) is 0 Å². The van der Waals surface area contributed by atoms with Crippen LogP contribution in [-0.4, -0.2) is 74.4 Å². The number of ketones is 2. The molecule has 2 amide bonds. The molecule has 220 valence electrons. The van der Waals surface area contributed by atoms with Crippen molar-refractivity contribution >= 4 is 23.6 Å². The summed E-state index contributed by atoms with van der Waals surface area (Å²) in [6.45, 7) is 6.92. The minimum absolute atomic E-state index is 0.0801. The van der Waals surface area contributed by atoms with Crippen molar-refractivity contribution in [2.75, 3.05) is 21.3 Å². The monoisotopic (exact) mass is 560 g/mol. The lowest BCUT2D eigenvalue weighted by Gasteiger charge is -2.29. The van der Waals surface area contributed by atoms with Crippen LogP contribution in [0, 0.1) is 11.8 Å². The Labute approximate surface area is 234 Å². The van der Waals surface area contributed by atoms with Gasteiger partial charge in [-0.25, -0.2) is 4.79 Å². The van der Waals surface area contributed by atoms with Crippen LogP contribution < -0.4 is 11.1 Å². The number of methoxy groups -OCH3 is 3. The summed E-state index contributed by atoms with van der Waals surface area (Å²) >= 11 is 0. The first-order valence-corrected chi connectivity index (χ1v) is 13.0. The van der Waals surface area contributed by atoms with Crippen molar-refractivity contribution in [1.29, 1.82) is 0 Å². The number of allylic oxidation sites excluding steroid dienone is 4. The lowest BCUT2D eigenvalue weighted by Crippen LogP contribution is -2.37. The van der Waals surface area contributed by atoms with E-state index in [0.717, 1.165) is 6.08 Å². The Kier molecular flexibility index (Phi) is 12.0. The lowest BCUT2D eigenvalue weighted by molar-refractivity contribution is -0.120. The summed E-state index contributed by atoms with van der Waals surface area (Å²) in [6.07, 6.45) is 3.61. The number of primary amides is 1. The molecule has 40 heavy (non-hydrogen) atoms. The molecular weight excluding hydrogens is 520 g/mol. The summed E-state index contributed by atoms with van der Waals surface area (Å²) in [4.78, 5) is 50.6. The summed E-state index contributed by atoms with van der Waals surface area (Å²) in [6, 6.07) is 0. The summed E-state index contributed by atoms with van der Waals surface area (Å²) in [5.41, 5.74) is 6.12. The SMILES string of the molecule is COC1=C2C[C@@H](C)C[C@H](OC)[C@H](O)[C@@H](C)/C=C(\C)[C@H](OC(N)=O)[C@@H](OC)/C=C/C=C(/C)C(=O)NC(=CC1=O)C2=O. The fraction of sp³-hybridized carbons (Fsp3) is 0.517. The molecule has 1 aliphatic heterocycles. The molecule has 2 rings (SSSR count). The maximum absolute atomic E-state index is 13.3. The van der Waals surface area contributed by atoms with E-state index >= 15 is 0 Å². The standard InChI is InChI=1S/C29H40N2O9/c1-15-11-19-25(34)20(14-21(32)27(19)39-7)31-28(35)16(2)9-8-10-22(37-5)26(40-29(30)36)18(4)13-17(3)24(33)23(12-15)38-6/h8-10,13-15,17,22-24,26,33H,11-12H2,1-7H3,(H2,30,36)(H,31,35)/b10-8+,16-9-,18-13+/t15-,17+,22+,23+,24-,26+/m1/s1. The van der Waals surface area contributed by atoms with E-state index in [1.54, 1.807) is 32.1 Å². The molecule has 0 saturated carbocycles. The molecule has 11 nitrogen and oxygen atoms in total. The highest BCUT2D eigenvalue weighted by molar-refractivity contribution is 6.23. The van der Waals surface area contributed by atoms with Gasteiger partial charge in [0.15, 0.2) is 11.9 Å². The first-order valence-electron chi connectivity index (χ1n) is 13.0. The number of hydrogen-bond donors (Lipinski definition) is 3. The fourth-order valence-corrected chi connectivity index (χ4v) is 4.78. The van der Waals surface area contributed by atoms with Gasteiger partial charge in [-0.1, -0.05) is 38.2 Å². The third-order valence-electron chi connectivity index (χ3n) is 6.95. The highest BCUT2D eigenvalue weighted by Crippen LogP contribution is 2.29. The van der Waals surface area contributed by atoms with Crippen LogP contribution in [-0.2, 0) is 33.3 Å². The van der Waals surface area contributed by atoms with Gasteiger partial charge in [0.2, 0.25) is 11.6 Å². The largest absolute Gasteiger partial charge is 0.492 e. The zero-order valence-electron chi connectivity index (χ0n) is 24.1. The van der Waals surface area contributed by atoms with Crippen LogP contribution in [0.1, 0.15) is 40.5 Å². The normalized spacial score (nSPS) is 32.7. The van der Waals surface area contributed by atoms with Gasteiger partial charge in [0.1, 0.15) is 6.10 Å². The Morgan fingerprint density at radius 2 is 1.77 bits per heavy atom. The molecule has 0 aromatic heterocycles. The number of Topliss-reactive ketones (excluding diaryl/α,β-unsaturated/α-hetero) is 1. The predicted octanol–water partition coefficient (Wildman–Crippen LogP) is 2.41. The van der Waals surface area contributed by atoms with Gasteiger partial charge >= 0.3 is 6.09 Å². The van der Waals surface area contributed by atoms with Gasteiger partial charge in [-0.05, 0) is 38.2 Å². The molecule has 11 heteroatoms. The van der Waals surface area contributed by atoms with Crippen molar-refractivity contribution < 1.29 is 43.2 Å². The predicted molar refractivity (Wildman–Crippen MR) is 147 cm³/mol. The molecule has 0 aromatic rings. The summed E-state index contributed by atoms with van der Waals surface area (Å²) in [5.74, 6) is -2.39. The van der Waals surface area contributed by atoms with E-state index in [-0.39, 0.29) is 34.9 Å². The number of aliphatic hydroxyl groups excluding tert-OH is 1. The highest BCUT2D eigenvalue weighted by Gasteiger charge is 2.34. The van der Waals surface area contributed by atoms with Gasteiger partial charge in [-0.15, -0.1) is 0 Å². The molecule has 0 spiro atoms. The first kappa shape index (κ1) is 32.7. The van der Waals surface area contributed by atoms with Gasteiger partial charge < -0.3 is 35.1 Å².